The third-order valence-corrected chi connectivity index (χ3v) is 7.44. The average molecular weight is 603 g/mol. The van der Waals surface area contributed by atoms with E-state index in [9.17, 15) is 28.8 Å². The molecule has 2 heterocycles. The summed E-state index contributed by atoms with van der Waals surface area (Å²) in [5, 5.41) is 0. The summed E-state index contributed by atoms with van der Waals surface area (Å²) in [4.78, 5) is 79.4. The van der Waals surface area contributed by atoms with Crippen LogP contribution in [0.3, 0.4) is 0 Å². The Kier molecular flexibility index (Phi) is 7.70. The van der Waals surface area contributed by atoms with Gasteiger partial charge in [-0.05, 0) is 55.7 Å². The van der Waals surface area contributed by atoms with Crippen LogP contribution < -0.4 is 0 Å². The summed E-state index contributed by atoms with van der Waals surface area (Å²) in [6, 6.07) is 18.1. The molecule has 202 valence electrons. The Morgan fingerprint density at radius 2 is 1.20 bits per heavy atom. The van der Waals surface area contributed by atoms with E-state index in [2.05, 4.69) is 15.9 Å². The molecule has 4 amide bonds. The highest BCUT2D eigenvalue weighted by molar-refractivity contribution is 9.10. The molecule has 3 aromatic carbocycles. The van der Waals surface area contributed by atoms with Gasteiger partial charge in [-0.1, -0.05) is 52.3 Å². The van der Waals surface area contributed by atoms with Gasteiger partial charge in [0.1, 0.15) is 6.04 Å². The summed E-state index contributed by atoms with van der Waals surface area (Å²) in [6.45, 7) is -0.451. The van der Waals surface area contributed by atoms with Crippen LogP contribution >= 0.6 is 15.9 Å². The zero-order valence-corrected chi connectivity index (χ0v) is 22.8. The summed E-state index contributed by atoms with van der Waals surface area (Å²) >= 11 is 3.30. The van der Waals surface area contributed by atoms with Crippen LogP contribution in [0.5, 0.6) is 0 Å². The number of esters is 1. The molecular weight excluding hydrogens is 580 g/mol. The number of hydrogen-bond donors (Lipinski definition) is 0. The van der Waals surface area contributed by atoms with Gasteiger partial charge in [0.25, 0.3) is 23.6 Å². The van der Waals surface area contributed by atoms with Crippen molar-refractivity contribution in [3.8, 4) is 0 Å². The predicted octanol–water partition coefficient (Wildman–Crippen LogP) is 4.31. The highest BCUT2D eigenvalue weighted by atomic mass is 79.9. The number of carbonyl (C=O) groups is 6. The summed E-state index contributed by atoms with van der Waals surface area (Å²) in [5.41, 5.74) is 1.39. The number of amides is 4. The molecule has 3 aromatic rings. The quantitative estimate of drug-likeness (QED) is 0.147. The molecule has 0 fully saturated rings. The van der Waals surface area contributed by atoms with Gasteiger partial charge < -0.3 is 4.74 Å². The van der Waals surface area contributed by atoms with Gasteiger partial charge in [-0.15, -0.1) is 0 Å². The van der Waals surface area contributed by atoms with Crippen molar-refractivity contribution < 1.29 is 33.5 Å². The Hall–Kier alpha value is -4.44. The van der Waals surface area contributed by atoms with Gasteiger partial charge in [0, 0.05) is 16.6 Å². The zero-order chi connectivity index (χ0) is 28.4. The van der Waals surface area contributed by atoms with Gasteiger partial charge in [0.2, 0.25) is 0 Å². The highest BCUT2D eigenvalue weighted by Crippen LogP contribution is 2.28. The number of imide groups is 2. The molecule has 5 rings (SSSR count). The SMILES string of the molecule is O=C(COC(=O)[C@@H](CCCCN1C(=O)c2ccccc2C1=O)N1C(=O)c2ccccc2C1=O)c1ccc(Br)cc1. The molecule has 9 nitrogen and oxygen atoms in total. The highest BCUT2D eigenvalue weighted by Gasteiger charge is 2.43. The number of ether oxygens (including phenoxy) is 1. The van der Waals surface area contributed by atoms with Gasteiger partial charge >= 0.3 is 5.97 Å². The van der Waals surface area contributed by atoms with Crippen LogP contribution in [0.2, 0.25) is 0 Å². The van der Waals surface area contributed by atoms with E-state index in [4.69, 9.17) is 4.74 Å². The molecule has 0 saturated heterocycles. The van der Waals surface area contributed by atoms with Crippen LogP contribution in [0.4, 0.5) is 0 Å². The minimum absolute atomic E-state index is 0.0277. The van der Waals surface area contributed by atoms with Crippen molar-refractivity contribution in [2.75, 3.05) is 13.2 Å². The van der Waals surface area contributed by atoms with Crippen molar-refractivity contribution in [3.05, 3.63) is 105 Å². The summed E-state index contributed by atoms with van der Waals surface area (Å²) in [6.07, 6.45) is 0.650. The lowest BCUT2D eigenvalue weighted by Gasteiger charge is -2.25. The fourth-order valence-electron chi connectivity index (χ4n) is 4.85. The molecule has 0 radical (unpaired) electrons. The summed E-state index contributed by atoms with van der Waals surface area (Å²) in [7, 11) is 0. The number of fused-ring (bicyclic) bond motifs is 2. The van der Waals surface area contributed by atoms with Crippen LogP contribution in [0.15, 0.2) is 77.3 Å². The van der Waals surface area contributed by atoms with Crippen LogP contribution in [0.1, 0.15) is 71.1 Å². The number of halogens is 1. The smallest absolute Gasteiger partial charge is 0.329 e. The summed E-state index contributed by atoms with van der Waals surface area (Å²) in [5.74, 6) is -3.34. The van der Waals surface area contributed by atoms with E-state index in [1.165, 1.54) is 12.1 Å². The van der Waals surface area contributed by atoms with Gasteiger partial charge in [-0.3, -0.25) is 33.8 Å². The van der Waals surface area contributed by atoms with E-state index in [1.54, 1.807) is 60.7 Å². The maximum atomic E-state index is 13.2. The second-order valence-corrected chi connectivity index (χ2v) is 10.3. The molecule has 0 aromatic heterocycles. The number of Topliss-reactive ketones (excluding diaryl/α,β-unsaturated/α-hetero) is 1. The van der Waals surface area contributed by atoms with Crippen LogP contribution in [0, 0.1) is 0 Å². The Bertz CT molecular complexity index is 1480. The van der Waals surface area contributed by atoms with Crippen molar-refractivity contribution in [2.45, 2.75) is 25.3 Å². The molecule has 0 spiro atoms. The lowest BCUT2D eigenvalue weighted by molar-refractivity contribution is -0.147. The van der Waals surface area contributed by atoms with E-state index in [-0.39, 0.29) is 35.9 Å². The fraction of sp³-hybridized carbons (Fsp3) is 0.200. The van der Waals surface area contributed by atoms with E-state index in [0.29, 0.717) is 29.5 Å². The molecule has 0 bridgehead atoms. The zero-order valence-electron chi connectivity index (χ0n) is 21.2. The Morgan fingerprint density at radius 3 is 1.73 bits per heavy atom. The van der Waals surface area contributed by atoms with Gasteiger partial charge in [-0.2, -0.15) is 0 Å². The molecule has 40 heavy (non-hydrogen) atoms. The van der Waals surface area contributed by atoms with Crippen molar-refractivity contribution in [2.24, 2.45) is 0 Å². The largest absolute Gasteiger partial charge is 0.456 e. The normalized spacial score (nSPS) is 14.8. The molecule has 10 heteroatoms. The maximum Gasteiger partial charge on any atom is 0.329 e. The molecule has 0 aliphatic carbocycles. The maximum absolute atomic E-state index is 13.2. The van der Waals surface area contributed by atoms with Gasteiger partial charge in [-0.25, -0.2) is 4.79 Å². The topological polar surface area (TPSA) is 118 Å². The lowest BCUT2D eigenvalue weighted by Crippen LogP contribution is -2.46. The number of ketones is 1. The van der Waals surface area contributed by atoms with Crippen molar-refractivity contribution >= 4 is 51.3 Å². The lowest BCUT2D eigenvalue weighted by atomic mass is 10.1. The van der Waals surface area contributed by atoms with Crippen LogP contribution in [0.25, 0.3) is 0 Å². The minimum atomic E-state index is -1.28. The van der Waals surface area contributed by atoms with Gasteiger partial charge in [0.15, 0.2) is 12.4 Å². The van der Waals surface area contributed by atoms with E-state index < -0.39 is 36.2 Å². The fourth-order valence-corrected chi connectivity index (χ4v) is 5.11. The van der Waals surface area contributed by atoms with Crippen molar-refractivity contribution in [3.63, 3.8) is 0 Å². The number of unbranched alkanes of at least 4 members (excludes halogenated alkanes) is 1. The summed E-state index contributed by atoms with van der Waals surface area (Å²) < 4.78 is 6.09. The average Bonchev–Trinajstić information content (AvgIpc) is 3.36. The van der Waals surface area contributed by atoms with Crippen LogP contribution in [-0.4, -0.2) is 64.4 Å². The molecule has 0 unspecified atom stereocenters. The number of rotatable bonds is 10. The van der Waals surface area contributed by atoms with E-state index in [1.807, 2.05) is 0 Å². The Labute approximate surface area is 237 Å². The molecule has 2 aliphatic rings. The van der Waals surface area contributed by atoms with Gasteiger partial charge in [0.05, 0.1) is 22.3 Å². The number of nitrogens with zero attached hydrogens (tertiary/aromatic N) is 2. The predicted molar refractivity (Wildman–Crippen MR) is 146 cm³/mol. The first kappa shape index (κ1) is 27.1. The third-order valence-electron chi connectivity index (χ3n) is 6.91. The third kappa shape index (κ3) is 5.10. The standard InChI is InChI=1S/C30H23BrN2O7/c31-19-14-12-18(13-15-19)25(34)17-40-30(39)24(33-28(37)22-9-3-4-10-23(22)29(33)38)11-5-6-16-32-26(35)20-7-1-2-8-21(20)27(32)36/h1-4,7-10,12-15,24H,5-6,11,16-17H2/t24-/m1/s1. The Morgan fingerprint density at radius 1 is 0.700 bits per heavy atom. The molecule has 0 saturated carbocycles. The van der Waals surface area contributed by atoms with Crippen LogP contribution in [-0.2, 0) is 9.53 Å². The molecule has 2 aliphatic heterocycles. The number of carbonyl (C=O) groups excluding carboxylic acids is 6. The monoisotopic (exact) mass is 602 g/mol. The first-order valence-corrected chi connectivity index (χ1v) is 13.4. The molecular formula is C30H23BrN2O7. The Balaban J connectivity index is 1.27. The second-order valence-electron chi connectivity index (χ2n) is 9.38. The second kappa shape index (κ2) is 11.4. The van der Waals surface area contributed by atoms with Crippen molar-refractivity contribution in [1.29, 1.82) is 0 Å². The van der Waals surface area contributed by atoms with E-state index >= 15 is 0 Å². The minimum Gasteiger partial charge on any atom is -0.456 e. The molecule has 1 atom stereocenters. The first-order chi connectivity index (χ1) is 19.3. The number of hydrogen-bond acceptors (Lipinski definition) is 7. The van der Waals surface area contributed by atoms with E-state index in [0.717, 1.165) is 14.3 Å². The first-order valence-electron chi connectivity index (χ1n) is 12.7. The number of benzene rings is 3. The van der Waals surface area contributed by atoms with Crippen molar-refractivity contribution in [1.82, 2.24) is 9.80 Å². The molecule has 0 N–H and O–H groups in total.